The summed E-state index contributed by atoms with van der Waals surface area (Å²) in [6, 6.07) is 5.66. The SMILES string of the molecule is CCNC(=NCC(O)COc1ccc(F)cc1)N(C)Cc1ncnn1C.I. The average Bonchev–Trinajstić information content (AvgIpc) is 3.02. The summed E-state index contributed by atoms with van der Waals surface area (Å²) in [5.41, 5.74) is 0. The van der Waals surface area contributed by atoms with Gasteiger partial charge in [0.25, 0.3) is 0 Å². The number of ether oxygens (including phenoxy) is 1. The van der Waals surface area contributed by atoms with E-state index in [0.717, 1.165) is 5.82 Å². The van der Waals surface area contributed by atoms with Gasteiger partial charge in [-0.05, 0) is 31.2 Å². The van der Waals surface area contributed by atoms with Crippen molar-refractivity contribution in [3.63, 3.8) is 0 Å². The molecule has 0 saturated heterocycles. The Labute approximate surface area is 175 Å². The molecule has 1 aromatic heterocycles. The molecule has 0 radical (unpaired) electrons. The van der Waals surface area contributed by atoms with Gasteiger partial charge in [0.05, 0.1) is 13.1 Å². The molecule has 0 fully saturated rings. The molecule has 0 spiro atoms. The monoisotopic (exact) mass is 492 g/mol. The Bertz CT molecular complexity index is 710. The largest absolute Gasteiger partial charge is 0.491 e. The number of guanidine groups is 1. The second kappa shape index (κ2) is 11.7. The van der Waals surface area contributed by atoms with Gasteiger partial charge in [0.2, 0.25) is 0 Å². The first-order valence-electron chi connectivity index (χ1n) is 8.38. The van der Waals surface area contributed by atoms with Crippen LogP contribution in [-0.4, -0.2) is 63.6 Å². The number of aliphatic hydroxyl groups excluding tert-OH is 1. The third kappa shape index (κ3) is 7.67. The molecule has 27 heavy (non-hydrogen) atoms. The molecule has 8 nitrogen and oxygen atoms in total. The van der Waals surface area contributed by atoms with Gasteiger partial charge in [-0.1, -0.05) is 0 Å². The van der Waals surface area contributed by atoms with Crippen LogP contribution in [0, 0.1) is 5.82 Å². The van der Waals surface area contributed by atoms with Gasteiger partial charge in [0, 0.05) is 20.6 Å². The summed E-state index contributed by atoms with van der Waals surface area (Å²) in [4.78, 5) is 10.5. The van der Waals surface area contributed by atoms with Crippen LogP contribution in [0.5, 0.6) is 5.75 Å². The number of hydrogen-bond donors (Lipinski definition) is 2. The van der Waals surface area contributed by atoms with Crippen molar-refractivity contribution in [3.05, 3.63) is 42.2 Å². The van der Waals surface area contributed by atoms with Crippen molar-refractivity contribution in [1.82, 2.24) is 25.0 Å². The highest BCUT2D eigenvalue weighted by atomic mass is 127. The molecule has 1 aromatic carbocycles. The maximum atomic E-state index is 12.9. The zero-order valence-electron chi connectivity index (χ0n) is 15.7. The number of aromatic nitrogens is 3. The zero-order valence-corrected chi connectivity index (χ0v) is 18.0. The summed E-state index contributed by atoms with van der Waals surface area (Å²) in [5.74, 6) is 1.62. The molecule has 1 heterocycles. The van der Waals surface area contributed by atoms with Crippen LogP contribution < -0.4 is 10.1 Å². The van der Waals surface area contributed by atoms with Crippen molar-refractivity contribution < 1.29 is 14.2 Å². The van der Waals surface area contributed by atoms with Gasteiger partial charge in [-0.25, -0.2) is 9.37 Å². The van der Waals surface area contributed by atoms with Gasteiger partial charge >= 0.3 is 0 Å². The third-order valence-corrected chi connectivity index (χ3v) is 3.59. The van der Waals surface area contributed by atoms with Crippen LogP contribution in [0.25, 0.3) is 0 Å². The molecule has 2 N–H and O–H groups in total. The van der Waals surface area contributed by atoms with E-state index < -0.39 is 6.10 Å². The molecule has 0 bridgehead atoms. The third-order valence-electron chi connectivity index (χ3n) is 3.59. The topological polar surface area (TPSA) is 87.8 Å². The minimum absolute atomic E-state index is 0. The van der Waals surface area contributed by atoms with E-state index in [2.05, 4.69) is 20.4 Å². The Kier molecular flexibility index (Phi) is 10.0. The lowest BCUT2D eigenvalue weighted by molar-refractivity contribution is 0.114. The maximum absolute atomic E-state index is 12.9. The van der Waals surface area contributed by atoms with E-state index in [0.29, 0.717) is 24.8 Å². The first-order chi connectivity index (χ1) is 12.5. The van der Waals surface area contributed by atoms with Crippen molar-refractivity contribution in [2.24, 2.45) is 12.0 Å². The number of rotatable bonds is 8. The summed E-state index contributed by atoms with van der Waals surface area (Å²) in [6.07, 6.45) is 0.723. The lowest BCUT2D eigenvalue weighted by Crippen LogP contribution is -2.39. The number of nitrogens with zero attached hydrogens (tertiary/aromatic N) is 5. The smallest absolute Gasteiger partial charge is 0.194 e. The fourth-order valence-corrected chi connectivity index (χ4v) is 2.19. The zero-order chi connectivity index (χ0) is 18.9. The minimum atomic E-state index is -0.781. The molecule has 0 amide bonds. The summed E-state index contributed by atoms with van der Waals surface area (Å²) >= 11 is 0. The molecular weight excluding hydrogens is 466 g/mol. The van der Waals surface area contributed by atoms with Crippen LogP contribution >= 0.6 is 24.0 Å². The van der Waals surface area contributed by atoms with Gasteiger partial charge in [0.15, 0.2) is 5.96 Å². The van der Waals surface area contributed by atoms with Gasteiger partial charge in [0.1, 0.15) is 36.4 Å². The van der Waals surface area contributed by atoms with E-state index in [1.165, 1.54) is 30.6 Å². The Morgan fingerprint density at radius 2 is 2.11 bits per heavy atom. The molecule has 0 aliphatic carbocycles. The number of aliphatic hydroxyl groups is 1. The molecule has 0 aliphatic rings. The second-order valence-corrected chi connectivity index (χ2v) is 5.77. The van der Waals surface area contributed by atoms with E-state index in [9.17, 15) is 9.50 Å². The number of aryl methyl sites for hydroxylation is 1. The van der Waals surface area contributed by atoms with Gasteiger partial charge in [-0.15, -0.1) is 24.0 Å². The molecule has 1 unspecified atom stereocenters. The lowest BCUT2D eigenvalue weighted by atomic mass is 10.3. The first-order valence-corrected chi connectivity index (χ1v) is 8.38. The van der Waals surface area contributed by atoms with Crippen molar-refractivity contribution in [3.8, 4) is 5.75 Å². The van der Waals surface area contributed by atoms with E-state index in [4.69, 9.17) is 4.74 Å². The molecule has 2 rings (SSSR count). The molecule has 2 aromatic rings. The van der Waals surface area contributed by atoms with Crippen LogP contribution in [0.1, 0.15) is 12.7 Å². The lowest BCUT2D eigenvalue weighted by Gasteiger charge is -2.22. The normalized spacial score (nSPS) is 12.3. The van der Waals surface area contributed by atoms with Crippen LogP contribution in [0.15, 0.2) is 35.6 Å². The summed E-state index contributed by atoms with van der Waals surface area (Å²) in [6.45, 7) is 3.45. The summed E-state index contributed by atoms with van der Waals surface area (Å²) < 4.78 is 20.0. The predicted molar refractivity (Wildman–Crippen MR) is 112 cm³/mol. The predicted octanol–water partition coefficient (Wildman–Crippen LogP) is 1.41. The molecule has 0 aliphatic heterocycles. The first kappa shape index (κ1) is 23.1. The molecular formula is C17H26FIN6O2. The Morgan fingerprint density at radius 3 is 2.70 bits per heavy atom. The van der Waals surface area contributed by atoms with E-state index in [1.54, 1.807) is 4.68 Å². The van der Waals surface area contributed by atoms with Crippen molar-refractivity contribution in [2.45, 2.75) is 19.6 Å². The average molecular weight is 492 g/mol. The van der Waals surface area contributed by atoms with Gasteiger partial charge < -0.3 is 20.1 Å². The Hall–Kier alpha value is -1.95. The Morgan fingerprint density at radius 1 is 1.41 bits per heavy atom. The minimum Gasteiger partial charge on any atom is -0.491 e. The fraction of sp³-hybridized carbons (Fsp3) is 0.471. The molecule has 150 valence electrons. The Balaban J connectivity index is 0.00000364. The fourth-order valence-electron chi connectivity index (χ4n) is 2.19. The van der Waals surface area contributed by atoms with Gasteiger partial charge in [-0.3, -0.25) is 9.67 Å². The number of aliphatic imine (C=N–C) groups is 1. The van der Waals surface area contributed by atoms with Crippen LogP contribution in [-0.2, 0) is 13.6 Å². The van der Waals surface area contributed by atoms with Crippen molar-refractivity contribution in [1.29, 1.82) is 0 Å². The van der Waals surface area contributed by atoms with E-state index >= 15 is 0 Å². The number of benzene rings is 1. The van der Waals surface area contributed by atoms with Crippen molar-refractivity contribution in [2.75, 3.05) is 26.7 Å². The van der Waals surface area contributed by atoms with Crippen LogP contribution in [0.4, 0.5) is 4.39 Å². The van der Waals surface area contributed by atoms with Crippen LogP contribution in [0.3, 0.4) is 0 Å². The highest BCUT2D eigenvalue weighted by Crippen LogP contribution is 2.11. The van der Waals surface area contributed by atoms with Gasteiger partial charge in [-0.2, -0.15) is 5.10 Å². The highest BCUT2D eigenvalue weighted by Gasteiger charge is 2.11. The molecule has 10 heteroatoms. The number of halogens is 2. The standard InChI is InChI=1S/C17H25FN6O2.HI/c1-4-19-17(23(2)10-16-21-12-22-24(16)3)20-9-14(25)11-26-15-7-5-13(18)6-8-15;/h5-8,12,14,25H,4,9-11H2,1-3H3,(H,19,20);1H. The van der Waals surface area contributed by atoms with E-state index in [1.807, 2.05) is 25.9 Å². The van der Waals surface area contributed by atoms with Crippen molar-refractivity contribution >= 4 is 29.9 Å². The van der Waals surface area contributed by atoms with Crippen LogP contribution in [0.2, 0.25) is 0 Å². The van der Waals surface area contributed by atoms with E-state index in [-0.39, 0.29) is 42.9 Å². The quantitative estimate of drug-likeness (QED) is 0.329. The second-order valence-electron chi connectivity index (χ2n) is 5.77. The number of nitrogens with one attached hydrogen (secondary N) is 1. The highest BCUT2D eigenvalue weighted by molar-refractivity contribution is 14.0. The molecule has 0 saturated carbocycles. The number of hydrogen-bond acceptors (Lipinski definition) is 5. The molecule has 1 atom stereocenters. The summed E-state index contributed by atoms with van der Waals surface area (Å²) in [7, 11) is 3.72. The maximum Gasteiger partial charge on any atom is 0.194 e. The summed E-state index contributed by atoms with van der Waals surface area (Å²) in [5, 5.41) is 17.3.